The maximum atomic E-state index is 13.1. The minimum Gasteiger partial charge on any atom is -0.373 e. The van der Waals surface area contributed by atoms with Gasteiger partial charge in [-0.3, -0.25) is 14.4 Å². The van der Waals surface area contributed by atoms with Gasteiger partial charge in [0.05, 0.1) is 27.8 Å². The quantitative estimate of drug-likeness (QED) is 0.605. The molecule has 1 heterocycles. The van der Waals surface area contributed by atoms with Gasteiger partial charge >= 0.3 is 0 Å². The minimum absolute atomic E-state index is 0.0590. The number of benzene rings is 2. The summed E-state index contributed by atoms with van der Waals surface area (Å²) in [6.07, 6.45) is 0.216. The number of ether oxygens (including phenoxy) is 1. The lowest BCUT2D eigenvalue weighted by atomic mass is 10.00. The molecule has 2 atom stereocenters. The number of halogens is 2. The summed E-state index contributed by atoms with van der Waals surface area (Å²) < 4.78 is 46.5. The van der Waals surface area contributed by atoms with Gasteiger partial charge in [-0.25, -0.2) is 12.8 Å². The Morgan fingerprint density at radius 1 is 1.15 bits per heavy atom. The van der Waals surface area contributed by atoms with Crippen molar-refractivity contribution in [3.63, 3.8) is 0 Å². The van der Waals surface area contributed by atoms with E-state index in [0.717, 1.165) is 37.4 Å². The van der Waals surface area contributed by atoms with Crippen LogP contribution in [0.25, 0.3) is 0 Å². The molecule has 1 saturated heterocycles. The number of hydrogen-bond acceptors (Lipinski definition) is 5. The number of anilines is 1. The fourth-order valence-electron chi connectivity index (χ4n) is 3.74. The second-order valence-electron chi connectivity index (χ2n) is 8.91. The Morgan fingerprint density at radius 3 is 2.36 bits per heavy atom. The summed E-state index contributed by atoms with van der Waals surface area (Å²) in [5.41, 5.74) is 0.0148. The molecule has 3 rings (SSSR count). The molecule has 1 aliphatic heterocycles. The zero-order valence-electron chi connectivity index (χ0n) is 19.1. The van der Waals surface area contributed by atoms with E-state index in [1.54, 1.807) is 0 Å². The van der Waals surface area contributed by atoms with E-state index in [1.165, 1.54) is 18.2 Å². The van der Waals surface area contributed by atoms with Crippen LogP contribution in [-0.4, -0.2) is 56.6 Å². The van der Waals surface area contributed by atoms with E-state index in [1.807, 2.05) is 13.8 Å². The minimum atomic E-state index is -4.01. The summed E-state index contributed by atoms with van der Waals surface area (Å²) in [5, 5.41) is 3.06. The molecule has 33 heavy (non-hydrogen) atoms. The Hall–Kier alpha value is -2.20. The lowest BCUT2D eigenvalue weighted by Crippen LogP contribution is -2.58. The highest BCUT2D eigenvalue weighted by Crippen LogP contribution is 2.26. The van der Waals surface area contributed by atoms with E-state index < -0.39 is 15.8 Å². The lowest BCUT2D eigenvalue weighted by Gasteiger charge is -2.45. The van der Waals surface area contributed by atoms with Crippen LogP contribution < -0.4 is 10.0 Å². The molecule has 0 aliphatic carbocycles. The van der Waals surface area contributed by atoms with Crippen LogP contribution in [0.5, 0.6) is 0 Å². The number of rotatable bonds is 7. The Bertz CT molecular complexity index is 1100. The van der Waals surface area contributed by atoms with Crippen molar-refractivity contribution in [1.29, 1.82) is 0 Å². The van der Waals surface area contributed by atoms with Gasteiger partial charge in [-0.2, -0.15) is 0 Å². The molecule has 1 fully saturated rings. The van der Waals surface area contributed by atoms with E-state index in [-0.39, 0.29) is 44.8 Å². The van der Waals surface area contributed by atoms with Crippen LogP contribution >= 0.6 is 11.6 Å². The average molecular weight is 498 g/mol. The maximum absolute atomic E-state index is 13.1. The van der Waals surface area contributed by atoms with Crippen LogP contribution in [-0.2, 0) is 14.8 Å². The second-order valence-corrected chi connectivity index (χ2v) is 11.0. The van der Waals surface area contributed by atoms with Crippen molar-refractivity contribution < 1.29 is 22.3 Å². The molecule has 7 nitrogen and oxygen atoms in total. The number of nitrogens with zero attached hydrogens (tertiary/aromatic N) is 1. The predicted octanol–water partition coefficient (Wildman–Crippen LogP) is 3.90. The summed E-state index contributed by atoms with van der Waals surface area (Å²) in [6.45, 7) is 10.1. The second kappa shape index (κ2) is 9.97. The van der Waals surface area contributed by atoms with Gasteiger partial charge in [0.2, 0.25) is 0 Å². The Labute approximate surface area is 199 Å². The smallest absolute Gasteiger partial charge is 0.261 e. The summed E-state index contributed by atoms with van der Waals surface area (Å²) >= 11 is 6.16. The molecule has 0 unspecified atom stereocenters. The van der Waals surface area contributed by atoms with Crippen LogP contribution in [0.2, 0.25) is 5.02 Å². The van der Waals surface area contributed by atoms with Crippen LogP contribution in [0, 0.1) is 5.82 Å². The third kappa shape index (κ3) is 6.44. The van der Waals surface area contributed by atoms with E-state index in [0.29, 0.717) is 6.54 Å². The van der Waals surface area contributed by atoms with E-state index in [4.69, 9.17) is 16.3 Å². The highest BCUT2D eigenvalue weighted by molar-refractivity contribution is 7.92. The number of hydrogen-bond donors (Lipinski definition) is 2. The third-order valence-electron chi connectivity index (χ3n) is 5.55. The Balaban J connectivity index is 1.70. The normalized spacial score (nSPS) is 19.8. The molecule has 2 aromatic carbocycles. The molecule has 10 heteroatoms. The van der Waals surface area contributed by atoms with Crippen molar-refractivity contribution in [2.24, 2.45) is 0 Å². The number of carbonyl (C=O) groups is 1. The largest absolute Gasteiger partial charge is 0.373 e. The van der Waals surface area contributed by atoms with Crippen molar-refractivity contribution in [1.82, 2.24) is 10.2 Å². The van der Waals surface area contributed by atoms with Crippen LogP contribution in [0.3, 0.4) is 0 Å². The molecule has 0 spiro atoms. The van der Waals surface area contributed by atoms with Crippen LogP contribution in [0.4, 0.5) is 10.1 Å². The highest BCUT2D eigenvalue weighted by Gasteiger charge is 2.33. The fraction of sp³-hybridized carbons (Fsp3) is 0.435. The molecule has 0 aromatic heterocycles. The number of amides is 1. The van der Waals surface area contributed by atoms with Gasteiger partial charge in [0.1, 0.15) is 5.82 Å². The molecule has 0 bridgehead atoms. The van der Waals surface area contributed by atoms with Gasteiger partial charge in [0, 0.05) is 30.7 Å². The average Bonchev–Trinajstić information content (AvgIpc) is 2.73. The highest BCUT2D eigenvalue weighted by atomic mass is 35.5. The summed E-state index contributed by atoms with van der Waals surface area (Å²) in [6, 6.07) is 8.77. The monoisotopic (exact) mass is 497 g/mol. The first-order valence-corrected chi connectivity index (χ1v) is 12.5. The molecular formula is C23H29ClFN3O4S. The molecule has 0 radical (unpaired) electrons. The zero-order chi connectivity index (χ0) is 24.4. The summed E-state index contributed by atoms with van der Waals surface area (Å²) in [4.78, 5) is 15.0. The van der Waals surface area contributed by atoms with Gasteiger partial charge in [0.15, 0.2) is 0 Å². The van der Waals surface area contributed by atoms with Crippen LogP contribution in [0.15, 0.2) is 47.4 Å². The molecule has 2 aromatic rings. The lowest BCUT2D eigenvalue weighted by molar-refractivity contribution is -0.0948. The van der Waals surface area contributed by atoms with Crippen molar-refractivity contribution in [3.8, 4) is 0 Å². The molecular weight excluding hydrogens is 469 g/mol. The summed E-state index contributed by atoms with van der Waals surface area (Å²) in [7, 11) is -4.01. The van der Waals surface area contributed by atoms with Gasteiger partial charge in [-0.15, -0.1) is 0 Å². The number of morpholine rings is 1. The molecule has 1 amide bonds. The first-order chi connectivity index (χ1) is 15.4. The van der Waals surface area contributed by atoms with Crippen LogP contribution in [0.1, 0.15) is 38.1 Å². The topological polar surface area (TPSA) is 87.7 Å². The maximum Gasteiger partial charge on any atom is 0.261 e. The van der Waals surface area contributed by atoms with Gasteiger partial charge < -0.3 is 10.1 Å². The van der Waals surface area contributed by atoms with Gasteiger partial charge in [-0.1, -0.05) is 11.6 Å². The SMILES string of the molecule is C[C@@H]1CN(C(C)(C)CNC(=O)c2ccc(Cl)c(NS(=O)(=O)c3ccc(F)cc3)c2)C[C@@H](C)O1. The van der Waals surface area contributed by atoms with Crippen molar-refractivity contribution in [3.05, 3.63) is 58.9 Å². The molecule has 180 valence electrons. The fourth-order valence-corrected chi connectivity index (χ4v) is 5.04. The van der Waals surface area contributed by atoms with Crippen molar-refractivity contribution in [2.45, 2.75) is 50.3 Å². The van der Waals surface area contributed by atoms with Crippen molar-refractivity contribution in [2.75, 3.05) is 24.4 Å². The molecule has 0 saturated carbocycles. The Kier molecular flexibility index (Phi) is 7.68. The Morgan fingerprint density at radius 2 is 1.76 bits per heavy atom. The first-order valence-electron chi connectivity index (χ1n) is 10.6. The zero-order valence-corrected chi connectivity index (χ0v) is 20.6. The standard InChI is InChI=1S/C23H29ClFN3O4S/c1-15-12-28(13-16(2)32-15)23(3,4)14-26-22(29)17-5-10-20(24)21(11-17)27-33(30,31)19-8-6-18(25)7-9-19/h5-11,15-16,27H,12-14H2,1-4H3,(H,26,29)/t15-,16-/m1/s1. The third-order valence-corrected chi connectivity index (χ3v) is 7.27. The molecule has 1 aliphatic rings. The predicted molar refractivity (Wildman–Crippen MR) is 127 cm³/mol. The number of nitrogens with one attached hydrogen (secondary N) is 2. The molecule has 2 N–H and O–H groups in total. The van der Waals surface area contributed by atoms with Gasteiger partial charge in [-0.05, 0) is 70.2 Å². The number of sulfonamides is 1. The van der Waals surface area contributed by atoms with E-state index in [2.05, 4.69) is 28.8 Å². The summed E-state index contributed by atoms with van der Waals surface area (Å²) in [5.74, 6) is -0.897. The number of carbonyl (C=O) groups excluding carboxylic acids is 1. The first kappa shape index (κ1) is 25.4. The van der Waals surface area contributed by atoms with E-state index >= 15 is 0 Å². The van der Waals surface area contributed by atoms with Crippen molar-refractivity contribution >= 4 is 33.2 Å². The van der Waals surface area contributed by atoms with Gasteiger partial charge in [0.25, 0.3) is 15.9 Å². The van der Waals surface area contributed by atoms with E-state index in [9.17, 15) is 17.6 Å².